The fourth-order valence-corrected chi connectivity index (χ4v) is 6.17. The van der Waals surface area contributed by atoms with Crippen LogP contribution in [-0.4, -0.2) is 68.3 Å². The number of hydrazone groups is 1. The van der Waals surface area contributed by atoms with Gasteiger partial charge >= 0.3 is 5.97 Å². The second-order valence-electron chi connectivity index (χ2n) is 9.96. The minimum absolute atomic E-state index is 0.107. The Morgan fingerprint density at radius 3 is 2.04 bits per heavy atom. The zero-order valence-corrected chi connectivity index (χ0v) is 26.3. The standard InChI is InChI=1S/C26H23N3O9S2.C5H5N/c1-15-20(12-16-4-6-17(7-5-16)28(2)3)25(31)29(27-15)22-14-19(40(36,37)38)9-11-24(22)39(34,35)18-8-10-23(30)21(13-18)26(32)33;1-2-4-6-5-3-1/h4-14,30H,1-3H3,(H,32,33)(H,36,37,38);1-5H/b20-12-;. The van der Waals surface area contributed by atoms with Crippen LogP contribution in [0.25, 0.3) is 6.08 Å². The van der Waals surface area contributed by atoms with Crippen molar-refractivity contribution in [3.05, 3.63) is 108 Å². The molecule has 15 heteroatoms. The third-order valence-corrected chi connectivity index (χ3v) is 9.25. The number of carbonyl (C=O) groups excluding carboxylic acids is 1. The topological polar surface area (TPSA) is 195 Å². The molecule has 3 N–H and O–H groups in total. The lowest BCUT2D eigenvalue weighted by Crippen LogP contribution is -2.24. The summed E-state index contributed by atoms with van der Waals surface area (Å²) in [6.45, 7) is 1.51. The van der Waals surface area contributed by atoms with E-state index >= 15 is 0 Å². The molecule has 1 amide bonds. The molecular formula is C31H28N4O9S2. The van der Waals surface area contributed by atoms with Crippen molar-refractivity contribution in [3.63, 3.8) is 0 Å². The van der Waals surface area contributed by atoms with Crippen LogP contribution >= 0.6 is 0 Å². The number of aromatic nitrogens is 1. The molecule has 0 saturated carbocycles. The second-order valence-corrected chi connectivity index (χ2v) is 13.3. The van der Waals surface area contributed by atoms with E-state index in [1.54, 1.807) is 30.6 Å². The molecule has 4 aromatic rings. The summed E-state index contributed by atoms with van der Waals surface area (Å²) in [4.78, 5) is 28.8. The Bertz CT molecular complexity index is 2050. The van der Waals surface area contributed by atoms with Gasteiger partial charge in [-0.15, -0.1) is 0 Å². The van der Waals surface area contributed by atoms with Crippen LogP contribution in [0.5, 0.6) is 5.75 Å². The van der Waals surface area contributed by atoms with Crippen LogP contribution in [0.2, 0.25) is 0 Å². The number of amides is 1. The van der Waals surface area contributed by atoms with Gasteiger partial charge in [-0.25, -0.2) is 13.2 Å². The van der Waals surface area contributed by atoms with Gasteiger partial charge in [-0.2, -0.15) is 18.5 Å². The van der Waals surface area contributed by atoms with Crippen molar-refractivity contribution in [1.29, 1.82) is 0 Å². The predicted molar refractivity (Wildman–Crippen MR) is 170 cm³/mol. The molecule has 0 fully saturated rings. The Hall–Kier alpha value is -5.38. The number of rotatable bonds is 7. The van der Waals surface area contributed by atoms with Crippen LogP contribution in [0.1, 0.15) is 22.8 Å². The molecule has 0 unspecified atom stereocenters. The summed E-state index contributed by atoms with van der Waals surface area (Å²) in [5.41, 5.74) is 0.708. The summed E-state index contributed by atoms with van der Waals surface area (Å²) in [5, 5.41) is 24.0. The van der Waals surface area contributed by atoms with Crippen LogP contribution in [0.15, 0.2) is 117 Å². The van der Waals surface area contributed by atoms with Crippen LogP contribution < -0.4 is 9.91 Å². The molecule has 2 heterocycles. The number of aromatic hydroxyl groups is 1. The van der Waals surface area contributed by atoms with Gasteiger partial charge in [0.2, 0.25) is 9.84 Å². The van der Waals surface area contributed by atoms with Crippen LogP contribution in [-0.2, 0) is 24.7 Å². The third-order valence-electron chi connectivity index (χ3n) is 6.60. The SMILES string of the molecule is CC1=NN(c2cc(S(=O)(=O)O)ccc2S(=O)(=O)c2ccc(O)c(C(=O)O)c2)C(=O)/C1=C\c1ccc(N(C)C)cc1.c1ccncc1. The normalized spacial score (nSPS) is 14.0. The van der Waals surface area contributed by atoms with Crippen LogP contribution in [0.3, 0.4) is 0 Å². The maximum atomic E-state index is 13.6. The zero-order valence-electron chi connectivity index (χ0n) is 24.6. The molecule has 238 valence electrons. The summed E-state index contributed by atoms with van der Waals surface area (Å²) in [6, 6.07) is 18.0. The van der Waals surface area contributed by atoms with E-state index in [0.29, 0.717) is 10.6 Å². The summed E-state index contributed by atoms with van der Waals surface area (Å²) in [6.07, 6.45) is 5.04. The van der Waals surface area contributed by atoms with E-state index in [2.05, 4.69) is 10.1 Å². The maximum absolute atomic E-state index is 13.6. The quantitative estimate of drug-likeness (QED) is 0.190. The lowest BCUT2D eigenvalue weighted by Gasteiger charge is -2.18. The van der Waals surface area contributed by atoms with E-state index in [1.165, 1.54) is 6.92 Å². The van der Waals surface area contributed by atoms with Gasteiger partial charge in [-0.05, 0) is 79.2 Å². The first-order chi connectivity index (χ1) is 21.6. The monoisotopic (exact) mass is 664 g/mol. The number of carboxylic acids is 1. The van der Waals surface area contributed by atoms with Crippen molar-refractivity contribution in [3.8, 4) is 5.75 Å². The van der Waals surface area contributed by atoms with Gasteiger partial charge in [0.25, 0.3) is 16.0 Å². The summed E-state index contributed by atoms with van der Waals surface area (Å²) >= 11 is 0. The number of anilines is 2. The molecule has 0 spiro atoms. The van der Waals surface area contributed by atoms with E-state index in [1.807, 2.05) is 49.3 Å². The Morgan fingerprint density at radius 2 is 1.52 bits per heavy atom. The summed E-state index contributed by atoms with van der Waals surface area (Å²) < 4.78 is 60.6. The number of benzene rings is 3. The van der Waals surface area contributed by atoms with Crippen LogP contribution in [0.4, 0.5) is 11.4 Å². The molecule has 1 aromatic heterocycles. The predicted octanol–water partition coefficient (Wildman–Crippen LogP) is 4.12. The number of hydrogen-bond acceptors (Lipinski definition) is 10. The number of carboxylic acid groups (broad SMARTS) is 1. The van der Waals surface area contributed by atoms with E-state index < -0.39 is 63.5 Å². The average Bonchev–Trinajstić information content (AvgIpc) is 3.30. The Kier molecular flexibility index (Phi) is 9.70. The van der Waals surface area contributed by atoms with Gasteiger partial charge in [0, 0.05) is 32.2 Å². The first kappa shape index (κ1) is 33.5. The lowest BCUT2D eigenvalue weighted by molar-refractivity contribution is -0.114. The highest BCUT2D eigenvalue weighted by Crippen LogP contribution is 2.37. The first-order valence-electron chi connectivity index (χ1n) is 13.3. The first-order valence-corrected chi connectivity index (χ1v) is 16.2. The highest BCUT2D eigenvalue weighted by atomic mass is 32.2. The van der Waals surface area contributed by atoms with E-state index in [-0.39, 0.29) is 11.3 Å². The number of nitrogens with zero attached hydrogens (tertiary/aromatic N) is 4. The number of pyridine rings is 1. The Balaban J connectivity index is 0.000000717. The van der Waals surface area contributed by atoms with Crippen molar-refractivity contribution in [2.45, 2.75) is 21.6 Å². The van der Waals surface area contributed by atoms with Crippen molar-refractivity contribution in [2.75, 3.05) is 24.0 Å². The zero-order chi connectivity index (χ0) is 33.8. The number of aromatic carboxylic acids is 1. The molecule has 0 atom stereocenters. The molecule has 0 aliphatic carbocycles. The molecule has 46 heavy (non-hydrogen) atoms. The molecule has 0 saturated heterocycles. The van der Waals surface area contributed by atoms with Gasteiger partial charge in [0.15, 0.2) is 0 Å². The molecule has 0 bridgehead atoms. The highest BCUT2D eigenvalue weighted by molar-refractivity contribution is 7.91. The lowest BCUT2D eigenvalue weighted by atomic mass is 10.1. The number of sulfone groups is 1. The van der Waals surface area contributed by atoms with Crippen molar-refractivity contribution in [2.24, 2.45) is 5.10 Å². The molecule has 1 aliphatic rings. The average molecular weight is 665 g/mol. The van der Waals surface area contributed by atoms with Crippen molar-refractivity contribution >= 4 is 55.0 Å². The molecule has 1 aliphatic heterocycles. The Morgan fingerprint density at radius 1 is 0.891 bits per heavy atom. The number of phenols is 1. The largest absolute Gasteiger partial charge is 0.507 e. The minimum atomic E-state index is -4.82. The number of hydrogen-bond donors (Lipinski definition) is 3. The summed E-state index contributed by atoms with van der Waals surface area (Å²) in [5.74, 6) is -3.02. The van der Waals surface area contributed by atoms with Gasteiger partial charge < -0.3 is 15.1 Å². The molecule has 3 aromatic carbocycles. The van der Waals surface area contributed by atoms with Gasteiger partial charge in [0.1, 0.15) is 11.3 Å². The van der Waals surface area contributed by atoms with Crippen molar-refractivity contribution < 1.29 is 41.2 Å². The second kappa shape index (κ2) is 13.3. The van der Waals surface area contributed by atoms with E-state index in [9.17, 15) is 41.2 Å². The van der Waals surface area contributed by atoms with Gasteiger partial charge in [-0.1, -0.05) is 18.2 Å². The Labute approximate surface area is 265 Å². The molecule has 13 nitrogen and oxygen atoms in total. The smallest absolute Gasteiger partial charge is 0.339 e. The molecule has 5 rings (SSSR count). The molecule has 0 radical (unpaired) electrons. The summed E-state index contributed by atoms with van der Waals surface area (Å²) in [7, 11) is -5.69. The minimum Gasteiger partial charge on any atom is -0.507 e. The molecular weight excluding hydrogens is 636 g/mol. The number of carbonyl (C=O) groups is 2. The van der Waals surface area contributed by atoms with E-state index in [0.717, 1.165) is 42.1 Å². The van der Waals surface area contributed by atoms with Gasteiger partial charge in [0.05, 0.1) is 31.7 Å². The highest BCUT2D eigenvalue weighted by Gasteiger charge is 2.35. The van der Waals surface area contributed by atoms with Crippen LogP contribution in [0, 0.1) is 0 Å². The van der Waals surface area contributed by atoms with E-state index in [4.69, 9.17) is 0 Å². The maximum Gasteiger partial charge on any atom is 0.339 e. The van der Waals surface area contributed by atoms with Crippen molar-refractivity contribution in [1.82, 2.24) is 4.98 Å². The fraction of sp³-hybridized carbons (Fsp3) is 0.0968. The fourth-order valence-electron chi connectivity index (χ4n) is 4.23. The van der Waals surface area contributed by atoms with Gasteiger partial charge in [-0.3, -0.25) is 14.3 Å². The third kappa shape index (κ3) is 7.28.